The largest absolute Gasteiger partial charge is 0.485 e. The van der Waals surface area contributed by atoms with Crippen molar-refractivity contribution < 1.29 is 24.1 Å². The summed E-state index contributed by atoms with van der Waals surface area (Å²) >= 11 is 7.78. The van der Waals surface area contributed by atoms with Crippen LogP contribution < -0.4 is 14.2 Å². The molecular weight excluding hydrogens is 750 g/mol. The molecule has 0 aliphatic carbocycles. The molecule has 280 valence electrons. The average molecular weight is 786 g/mol. The number of thiophene rings is 1. The third-order valence-corrected chi connectivity index (χ3v) is 11.0. The Balaban J connectivity index is 1.18. The van der Waals surface area contributed by atoms with Crippen molar-refractivity contribution in [3.05, 3.63) is 196 Å². The molecule has 6 nitrogen and oxygen atoms in total. The van der Waals surface area contributed by atoms with Crippen molar-refractivity contribution in [3.63, 3.8) is 0 Å². The SMILES string of the molecule is Cc1cc(Oc2c(C=C(C(=O)O)c3ccncc3)sc3cc(OCc4ccc(-c5ccccc5)cc4)c(OCc4ccc(-c5ccccc5)cc4)cc23)ccc1Cl. The molecule has 8 heteroatoms. The molecule has 0 radical (unpaired) electrons. The van der Waals surface area contributed by atoms with E-state index in [9.17, 15) is 9.90 Å². The summed E-state index contributed by atoms with van der Waals surface area (Å²) in [6.45, 7) is 2.50. The zero-order chi connectivity index (χ0) is 39.1. The van der Waals surface area contributed by atoms with Crippen molar-refractivity contribution in [2.24, 2.45) is 0 Å². The van der Waals surface area contributed by atoms with Gasteiger partial charge in [0.15, 0.2) is 17.2 Å². The van der Waals surface area contributed by atoms with E-state index in [-0.39, 0.29) is 12.2 Å². The van der Waals surface area contributed by atoms with Crippen molar-refractivity contribution in [2.75, 3.05) is 0 Å². The number of benzene rings is 6. The van der Waals surface area contributed by atoms with Crippen molar-refractivity contribution in [1.82, 2.24) is 4.98 Å². The molecule has 0 atom stereocenters. The zero-order valence-corrected chi connectivity index (χ0v) is 32.5. The number of aryl methyl sites for hydroxylation is 1. The summed E-state index contributed by atoms with van der Waals surface area (Å²) in [6.07, 6.45) is 4.79. The van der Waals surface area contributed by atoms with Crippen LogP contribution in [0.5, 0.6) is 23.0 Å². The number of pyridine rings is 1. The maximum absolute atomic E-state index is 12.6. The fraction of sp³-hybridized carbons (Fsp3) is 0.0612. The van der Waals surface area contributed by atoms with Gasteiger partial charge in [-0.3, -0.25) is 4.98 Å². The number of carbonyl (C=O) groups is 1. The second kappa shape index (κ2) is 17.0. The zero-order valence-electron chi connectivity index (χ0n) is 30.9. The average Bonchev–Trinajstić information content (AvgIpc) is 3.58. The van der Waals surface area contributed by atoms with Crippen molar-refractivity contribution in [2.45, 2.75) is 20.1 Å². The summed E-state index contributed by atoms with van der Waals surface area (Å²) in [6, 6.07) is 49.8. The molecule has 1 N–H and O–H groups in total. The van der Waals surface area contributed by atoms with E-state index >= 15 is 0 Å². The van der Waals surface area contributed by atoms with Gasteiger partial charge in [0.1, 0.15) is 19.0 Å². The van der Waals surface area contributed by atoms with Crippen molar-refractivity contribution in [3.8, 4) is 45.3 Å². The lowest BCUT2D eigenvalue weighted by atomic mass is 10.0. The minimum absolute atomic E-state index is 0.104. The molecule has 57 heavy (non-hydrogen) atoms. The highest BCUT2D eigenvalue weighted by molar-refractivity contribution is 7.20. The lowest BCUT2D eigenvalue weighted by Gasteiger charge is -2.15. The maximum Gasteiger partial charge on any atom is 0.336 e. The van der Waals surface area contributed by atoms with Gasteiger partial charge in [-0.15, -0.1) is 11.3 Å². The van der Waals surface area contributed by atoms with Gasteiger partial charge in [0.25, 0.3) is 0 Å². The predicted octanol–water partition coefficient (Wildman–Crippen LogP) is 13.2. The van der Waals surface area contributed by atoms with Crippen LogP contribution in [-0.2, 0) is 18.0 Å². The number of carboxylic acids is 1. The smallest absolute Gasteiger partial charge is 0.336 e. The van der Waals surface area contributed by atoms with Crippen LogP contribution >= 0.6 is 22.9 Å². The molecule has 0 amide bonds. The minimum atomic E-state index is -1.07. The molecule has 2 heterocycles. The first-order valence-electron chi connectivity index (χ1n) is 18.3. The van der Waals surface area contributed by atoms with Gasteiger partial charge in [-0.2, -0.15) is 0 Å². The number of hydrogen-bond donors (Lipinski definition) is 1. The number of fused-ring (bicyclic) bond motifs is 1. The highest BCUT2D eigenvalue weighted by Crippen LogP contribution is 2.47. The number of hydrogen-bond acceptors (Lipinski definition) is 6. The van der Waals surface area contributed by atoms with E-state index in [2.05, 4.69) is 77.8 Å². The molecule has 0 aliphatic rings. The summed E-state index contributed by atoms with van der Waals surface area (Å²) in [5.74, 6) is 1.05. The number of halogens is 1. The summed E-state index contributed by atoms with van der Waals surface area (Å²) < 4.78 is 20.5. The number of carboxylic acid groups (broad SMARTS) is 1. The van der Waals surface area contributed by atoms with E-state index in [1.165, 1.54) is 11.3 Å². The van der Waals surface area contributed by atoms with E-state index in [0.717, 1.165) is 49.0 Å². The van der Waals surface area contributed by atoms with E-state index in [4.69, 9.17) is 25.8 Å². The molecule has 0 aliphatic heterocycles. The van der Waals surface area contributed by atoms with Gasteiger partial charge in [-0.1, -0.05) is 121 Å². The fourth-order valence-electron chi connectivity index (χ4n) is 6.43. The van der Waals surface area contributed by atoms with Crippen LogP contribution in [0.1, 0.15) is 27.1 Å². The Morgan fingerprint density at radius 2 is 1.23 bits per heavy atom. The Kier molecular flexibility index (Phi) is 11.1. The second-order valence-corrected chi connectivity index (χ2v) is 14.9. The van der Waals surface area contributed by atoms with Crippen LogP contribution in [0.15, 0.2) is 164 Å². The fourth-order valence-corrected chi connectivity index (χ4v) is 7.63. The van der Waals surface area contributed by atoms with Crippen LogP contribution in [0.3, 0.4) is 0 Å². The lowest BCUT2D eigenvalue weighted by molar-refractivity contribution is -0.130. The van der Waals surface area contributed by atoms with E-state index < -0.39 is 5.97 Å². The van der Waals surface area contributed by atoms with Gasteiger partial charge in [-0.05, 0) is 93.9 Å². The molecule has 0 unspecified atom stereocenters. The molecule has 0 saturated carbocycles. The van der Waals surface area contributed by atoms with Gasteiger partial charge in [0.2, 0.25) is 0 Å². The van der Waals surface area contributed by atoms with Gasteiger partial charge < -0.3 is 19.3 Å². The quantitative estimate of drug-likeness (QED) is 0.117. The Morgan fingerprint density at radius 3 is 1.77 bits per heavy atom. The lowest BCUT2D eigenvalue weighted by Crippen LogP contribution is -2.01. The molecular formula is C49H36ClNO5S. The van der Waals surface area contributed by atoms with Gasteiger partial charge in [0.05, 0.1) is 10.5 Å². The molecule has 0 bridgehead atoms. The minimum Gasteiger partial charge on any atom is -0.485 e. The van der Waals surface area contributed by atoms with Crippen molar-refractivity contribution >= 4 is 50.6 Å². The highest BCUT2D eigenvalue weighted by atomic mass is 35.5. The van der Waals surface area contributed by atoms with Crippen molar-refractivity contribution in [1.29, 1.82) is 0 Å². The molecule has 0 spiro atoms. The first-order valence-corrected chi connectivity index (χ1v) is 19.5. The topological polar surface area (TPSA) is 77.9 Å². The van der Waals surface area contributed by atoms with Gasteiger partial charge in [-0.25, -0.2) is 4.79 Å². The van der Waals surface area contributed by atoms with Gasteiger partial charge >= 0.3 is 5.97 Å². The third-order valence-electron chi connectivity index (χ3n) is 9.49. The van der Waals surface area contributed by atoms with Crippen LogP contribution in [0.4, 0.5) is 0 Å². The predicted molar refractivity (Wildman–Crippen MR) is 230 cm³/mol. The summed E-state index contributed by atoms with van der Waals surface area (Å²) in [7, 11) is 0. The van der Waals surface area contributed by atoms with Gasteiger partial charge in [0, 0.05) is 33.6 Å². The standard InChI is InChI=1S/C49H36ClNO5S/c1-32-26-40(20-21-43(32)50)56-48-42-27-44(54-30-33-12-16-37(17-13-33)35-8-4-2-5-9-35)45(55-31-34-14-18-38(19-15-34)36-10-6-3-7-11-36)29-46(42)57-47(48)28-41(49(52)53)39-22-24-51-25-23-39/h2-29H,30-31H2,1H3,(H,52,53). The van der Waals surface area contributed by atoms with Crippen LogP contribution in [0.25, 0.3) is 44.0 Å². The van der Waals surface area contributed by atoms with E-state index in [1.54, 1.807) is 42.7 Å². The van der Waals surface area contributed by atoms with Crippen LogP contribution in [-0.4, -0.2) is 16.1 Å². The Hall–Kier alpha value is -6.67. The molecule has 6 aromatic carbocycles. The molecule has 0 fully saturated rings. The van der Waals surface area contributed by atoms with E-state index in [0.29, 0.717) is 45.1 Å². The Bertz CT molecular complexity index is 2680. The number of nitrogens with zero attached hydrogens (tertiary/aromatic N) is 1. The normalized spacial score (nSPS) is 11.4. The monoisotopic (exact) mass is 785 g/mol. The summed E-state index contributed by atoms with van der Waals surface area (Å²) in [5.41, 5.74) is 7.99. The maximum atomic E-state index is 12.6. The Labute approximate surface area is 339 Å². The number of ether oxygens (including phenoxy) is 3. The Morgan fingerprint density at radius 1 is 0.684 bits per heavy atom. The molecule has 8 aromatic rings. The third kappa shape index (κ3) is 8.76. The number of aromatic nitrogens is 1. The summed E-state index contributed by atoms with van der Waals surface area (Å²) in [5, 5.41) is 11.7. The van der Waals surface area contributed by atoms with Crippen LogP contribution in [0.2, 0.25) is 5.02 Å². The highest BCUT2D eigenvalue weighted by Gasteiger charge is 2.21. The number of aliphatic carboxylic acids is 1. The first kappa shape index (κ1) is 37.3. The number of rotatable bonds is 13. The first-order chi connectivity index (χ1) is 27.9. The molecule has 2 aromatic heterocycles. The summed E-state index contributed by atoms with van der Waals surface area (Å²) in [4.78, 5) is 17.3. The second-order valence-electron chi connectivity index (χ2n) is 13.4. The molecule has 8 rings (SSSR count). The van der Waals surface area contributed by atoms with Crippen LogP contribution in [0, 0.1) is 6.92 Å². The molecule has 0 saturated heterocycles. The van der Waals surface area contributed by atoms with E-state index in [1.807, 2.05) is 61.5 Å².